The summed E-state index contributed by atoms with van der Waals surface area (Å²) in [5, 5.41) is 0. The van der Waals surface area contributed by atoms with Crippen LogP contribution in [0.4, 0.5) is 8.78 Å². The van der Waals surface area contributed by atoms with Crippen molar-refractivity contribution in [1.82, 2.24) is 0 Å². The number of ketones is 1. The highest BCUT2D eigenvalue weighted by atomic mass is 19.2. The molecule has 0 spiro atoms. The van der Waals surface area contributed by atoms with Gasteiger partial charge in [-0.2, -0.15) is 0 Å². The molecule has 0 atom stereocenters. The van der Waals surface area contributed by atoms with Crippen LogP contribution in [0, 0.1) is 18.6 Å². The van der Waals surface area contributed by atoms with E-state index < -0.39 is 23.4 Å². The van der Waals surface area contributed by atoms with E-state index in [2.05, 4.69) is 4.74 Å². The molecular weight excluding hydrogens is 218 g/mol. The number of carbonyl (C=O) groups is 2. The molecule has 86 valence electrons. The van der Waals surface area contributed by atoms with Crippen LogP contribution in [0.2, 0.25) is 0 Å². The molecule has 0 fully saturated rings. The van der Waals surface area contributed by atoms with E-state index in [1.807, 2.05) is 0 Å². The second-order valence-corrected chi connectivity index (χ2v) is 3.14. The van der Waals surface area contributed by atoms with Crippen LogP contribution in [0.15, 0.2) is 12.1 Å². The van der Waals surface area contributed by atoms with E-state index in [1.165, 1.54) is 6.92 Å². The van der Waals surface area contributed by atoms with E-state index in [1.54, 1.807) is 6.92 Å². The molecule has 1 aromatic carbocycles. The average molecular weight is 228 g/mol. The molecule has 0 aliphatic carbocycles. The minimum atomic E-state index is -1.16. The van der Waals surface area contributed by atoms with Crippen LogP contribution in [0.25, 0.3) is 0 Å². The van der Waals surface area contributed by atoms with E-state index in [9.17, 15) is 18.4 Å². The van der Waals surface area contributed by atoms with E-state index in [0.717, 1.165) is 6.07 Å². The highest BCUT2D eigenvalue weighted by Crippen LogP contribution is 2.14. The maximum Gasteiger partial charge on any atom is 0.379 e. The third-order valence-electron chi connectivity index (χ3n) is 1.93. The lowest BCUT2D eigenvalue weighted by Gasteiger charge is -2.03. The molecule has 0 aliphatic rings. The van der Waals surface area contributed by atoms with Crippen LogP contribution in [0.1, 0.15) is 22.8 Å². The Kier molecular flexibility index (Phi) is 3.71. The van der Waals surface area contributed by atoms with Crippen molar-refractivity contribution >= 4 is 11.8 Å². The zero-order valence-corrected chi connectivity index (χ0v) is 8.84. The molecule has 0 saturated carbocycles. The van der Waals surface area contributed by atoms with Crippen molar-refractivity contribution in [2.24, 2.45) is 0 Å². The Bertz CT molecular complexity index is 418. The molecule has 16 heavy (non-hydrogen) atoms. The van der Waals surface area contributed by atoms with Gasteiger partial charge >= 0.3 is 5.97 Å². The molecule has 1 rings (SSSR count). The fraction of sp³-hybridized carbons (Fsp3) is 0.273. The summed E-state index contributed by atoms with van der Waals surface area (Å²) in [5.74, 6) is -4.25. The van der Waals surface area contributed by atoms with Crippen molar-refractivity contribution in [1.29, 1.82) is 0 Å². The van der Waals surface area contributed by atoms with Crippen molar-refractivity contribution < 1.29 is 23.1 Å². The van der Waals surface area contributed by atoms with Crippen LogP contribution >= 0.6 is 0 Å². The van der Waals surface area contributed by atoms with Crippen LogP contribution in [0.5, 0.6) is 0 Å². The van der Waals surface area contributed by atoms with Gasteiger partial charge in [0.25, 0.3) is 5.78 Å². The SMILES string of the molecule is CCOC(=O)C(=O)c1cc(C)c(F)c(F)c1. The van der Waals surface area contributed by atoms with Crippen LogP contribution in [-0.2, 0) is 9.53 Å². The molecular formula is C11H10F2O3. The number of ether oxygens (including phenoxy) is 1. The number of hydrogen-bond donors (Lipinski definition) is 0. The first kappa shape index (κ1) is 12.3. The number of esters is 1. The minimum absolute atomic E-state index is 0.0346. The fourth-order valence-electron chi connectivity index (χ4n) is 1.17. The first-order chi connectivity index (χ1) is 7.47. The third kappa shape index (κ3) is 2.42. The summed E-state index contributed by atoms with van der Waals surface area (Å²) in [6.45, 7) is 2.90. The zero-order valence-electron chi connectivity index (χ0n) is 8.84. The largest absolute Gasteiger partial charge is 0.460 e. The smallest absolute Gasteiger partial charge is 0.379 e. The lowest BCUT2D eigenvalue weighted by molar-refractivity contribution is -0.137. The van der Waals surface area contributed by atoms with Gasteiger partial charge in [-0.05, 0) is 31.5 Å². The predicted molar refractivity (Wildman–Crippen MR) is 52.1 cm³/mol. The number of carbonyl (C=O) groups excluding carboxylic acids is 2. The fourth-order valence-corrected chi connectivity index (χ4v) is 1.17. The van der Waals surface area contributed by atoms with Gasteiger partial charge in [-0.25, -0.2) is 13.6 Å². The minimum Gasteiger partial charge on any atom is -0.460 e. The summed E-state index contributed by atoms with van der Waals surface area (Å²) >= 11 is 0. The predicted octanol–water partition coefficient (Wildman–Crippen LogP) is 2.02. The van der Waals surface area contributed by atoms with Crippen molar-refractivity contribution in [3.05, 3.63) is 34.9 Å². The van der Waals surface area contributed by atoms with Gasteiger partial charge in [0.05, 0.1) is 6.61 Å². The molecule has 0 N–H and O–H groups in total. The molecule has 3 nitrogen and oxygen atoms in total. The summed E-state index contributed by atoms with van der Waals surface area (Å²) in [6.07, 6.45) is 0. The first-order valence-electron chi connectivity index (χ1n) is 4.64. The molecule has 0 heterocycles. The Balaban J connectivity index is 3.06. The zero-order chi connectivity index (χ0) is 12.3. The van der Waals surface area contributed by atoms with Crippen molar-refractivity contribution in [3.8, 4) is 0 Å². The highest BCUT2D eigenvalue weighted by Gasteiger charge is 2.20. The molecule has 0 radical (unpaired) electrons. The second kappa shape index (κ2) is 4.83. The van der Waals surface area contributed by atoms with Crippen molar-refractivity contribution in [2.75, 3.05) is 6.61 Å². The first-order valence-corrected chi connectivity index (χ1v) is 4.64. The van der Waals surface area contributed by atoms with Crippen LogP contribution in [-0.4, -0.2) is 18.4 Å². The standard InChI is InChI=1S/C11H10F2O3/c1-3-16-11(15)10(14)7-4-6(2)9(13)8(12)5-7/h4-5H,3H2,1-2H3. The van der Waals surface area contributed by atoms with Crippen molar-refractivity contribution in [2.45, 2.75) is 13.8 Å². The Labute approximate surface area is 91.0 Å². The van der Waals surface area contributed by atoms with Gasteiger partial charge in [0.1, 0.15) is 0 Å². The summed E-state index contributed by atoms with van der Waals surface area (Å²) < 4.78 is 30.4. The number of halogens is 2. The number of benzene rings is 1. The number of Topliss-reactive ketones (excluding diaryl/α,β-unsaturated/α-hetero) is 1. The highest BCUT2D eigenvalue weighted by molar-refractivity contribution is 6.40. The van der Waals surface area contributed by atoms with Gasteiger partial charge in [0, 0.05) is 5.56 Å². The summed E-state index contributed by atoms with van der Waals surface area (Å²) in [5.41, 5.74) is -0.248. The van der Waals surface area contributed by atoms with Crippen LogP contribution < -0.4 is 0 Å². The topological polar surface area (TPSA) is 43.4 Å². The molecule has 0 aromatic heterocycles. The van der Waals surface area contributed by atoms with Gasteiger partial charge in [0.15, 0.2) is 11.6 Å². The Morgan fingerprint density at radius 3 is 2.44 bits per heavy atom. The lowest BCUT2D eigenvalue weighted by Crippen LogP contribution is -2.18. The Morgan fingerprint density at radius 1 is 1.31 bits per heavy atom. The molecule has 1 aromatic rings. The Hall–Kier alpha value is -1.78. The van der Waals surface area contributed by atoms with Gasteiger partial charge in [-0.15, -0.1) is 0 Å². The van der Waals surface area contributed by atoms with Crippen LogP contribution in [0.3, 0.4) is 0 Å². The average Bonchev–Trinajstić information content (AvgIpc) is 2.24. The van der Waals surface area contributed by atoms with E-state index >= 15 is 0 Å². The van der Waals surface area contributed by atoms with Gasteiger partial charge in [-0.1, -0.05) is 0 Å². The summed E-state index contributed by atoms with van der Waals surface area (Å²) in [7, 11) is 0. The maximum atomic E-state index is 13.0. The molecule has 0 unspecified atom stereocenters. The monoisotopic (exact) mass is 228 g/mol. The molecule has 0 saturated heterocycles. The Morgan fingerprint density at radius 2 is 1.94 bits per heavy atom. The quantitative estimate of drug-likeness (QED) is 0.451. The maximum absolute atomic E-state index is 13.0. The summed E-state index contributed by atoms with van der Waals surface area (Å²) in [4.78, 5) is 22.4. The molecule has 0 aliphatic heterocycles. The lowest BCUT2D eigenvalue weighted by atomic mass is 10.1. The normalized spacial score (nSPS) is 10.0. The van der Waals surface area contributed by atoms with E-state index in [0.29, 0.717) is 6.07 Å². The van der Waals surface area contributed by atoms with E-state index in [4.69, 9.17) is 0 Å². The number of aryl methyl sites for hydroxylation is 1. The number of rotatable bonds is 3. The third-order valence-corrected chi connectivity index (χ3v) is 1.93. The molecule has 5 heteroatoms. The number of hydrogen-bond acceptors (Lipinski definition) is 3. The van der Waals surface area contributed by atoms with E-state index in [-0.39, 0.29) is 17.7 Å². The van der Waals surface area contributed by atoms with Crippen molar-refractivity contribution in [3.63, 3.8) is 0 Å². The summed E-state index contributed by atoms with van der Waals surface area (Å²) in [6, 6.07) is 1.79. The molecule has 0 amide bonds. The van der Waals surface area contributed by atoms with Gasteiger partial charge in [0.2, 0.25) is 0 Å². The molecule has 0 bridgehead atoms. The van der Waals surface area contributed by atoms with Gasteiger partial charge < -0.3 is 4.74 Å². The van der Waals surface area contributed by atoms with Gasteiger partial charge in [-0.3, -0.25) is 4.79 Å². The second-order valence-electron chi connectivity index (χ2n) is 3.14.